The second-order valence-electron chi connectivity index (χ2n) is 6.66. The van der Waals surface area contributed by atoms with Gasteiger partial charge in [0, 0.05) is 31.6 Å². The molecule has 5 nitrogen and oxygen atoms in total. The van der Waals surface area contributed by atoms with Crippen LogP contribution in [-0.2, 0) is 16.0 Å². The molecule has 1 amide bonds. The predicted molar refractivity (Wildman–Crippen MR) is 90.8 cm³/mol. The summed E-state index contributed by atoms with van der Waals surface area (Å²) >= 11 is 0. The molecule has 1 N–H and O–H groups in total. The van der Waals surface area contributed by atoms with Crippen LogP contribution in [0.1, 0.15) is 25.8 Å². The summed E-state index contributed by atoms with van der Waals surface area (Å²) in [5, 5.41) is 2.99. The van der Waals surface area contributed by atoms with Crippen LogP contribution in [0, 0.1) is 5.82 Å². The summed E-state index contributed by atoms with van der Waals surface area (Å²) in [5.74, 6) is -0.202. The van der Waals surface area contributed by atoms with E-state index in [2.05, 4.69) is 24.1 Å². The summed E-state index contributed by atoms with van der Waals surface area (Å²) in [5.41, 5.74) is 0.682. The molecule has 2 rings (SSSR count). The molecule has 24 heavy (non-hydrogen) atoms. The van der Waals surface area contributed by atoms with Crippen molar-refractivity contribution >= 4 is 5.91 Å². The number of nitrogens with one attached hydrogen (secondary N) is 1. The van der Waals surface area contributed by atoms with Crippen LogP contribution in [0.15, 0.2) is 18.2 Å². The van der Waals surface area contributed by atoms with Gasteiger partial charge >= 0.3 is 0 Å². The molecule has 0 aromatic heterocycles. The van der Waals surface area contributed by atoms with Gasteiger partial charge in [0.2, 0.25) is 5.91 Å². The Labute approximate surface area is 143 Å². The van der Waals surface area contributed by atoms with Gasteiger partial charge in [-0.3, -0.25) is 9.69 Å². The molecule has 0 spiro atoms. The standard InChI is InChI=1S/C18H27FN2O3/c1-18(2,21-8-10-24-11-9-21)13-20-17(22)7-5-14-4-6-16(23-3)15(19)12-14/h4,6,12H,5,7-11,13H2,1-3H3,(H,20,22). The van der Waals surface area contributed by atoms with Crippen molar-refractivity contribution in [1.29, 1.82) is 0 Å². The fourth-order valence-electron chi connectivity index (χ4n) is 2.81. The minimum absolute atomic E-state index is 0.0208. The van der Waals surface area contributed by atoms with Crippen molar-refractivity contribution in [3.05, 3.63) is 29.6 Å². The van der Waals surface area contributed by atoms with Crippen LogP contribution >= 0.6 is 0 Å². The van der Waals surface area contributed by atoms with Crippen molar-refractivity contribution in [3.63, 3.8) is 0 Å². The van der Waals surface area contributed by atoms with Crippen LogP contribution in [0.4, 0.5) is 4.39 Å². The molecule has 0 unspecified atom stereocenters. The zero-order chi connectivity index (χ0) is 17.6. The Morgan fingerprint density at radius 3 is 2.71 bits per heavy atom. The molecule has 6 heteroatoms. The first-order valence-electron chi connectivity index (χ1n) is 8.34. The lowest BCUT2D eigenvalue weighted by molar-refractivity contribution is -0.121. The molecule has 1 fully saturated rings. The number of morpholine rings is 1. The van der Waals surface area contributed by atoms with E-state index in [0.717, 1.165) is 31.9 Å². The number of hydrogen-bond donors (Lipinski definition) is 1. The van der Waals surface area contributed by atoms with E-state index < -0.39 is 5.82 Å². The third-order valence-electron chi connectivity index (χ3n) is 4.44. The number of nitrogens with zero attached hydrogens (tertiary/aromatic N) is 1. The van der Waals surface area contributed by atoms with Crippen molar-refractivity contribution in [2.24, 2.45) is 0 Å². The van der Waals surface area contributed by atoms with E-state index in [0.29, 0.717) is 19.4 Å². The molecule has 1 saturated heterocycles. The lowest BCUT2D eigenvalue weighted by atomic mass is 10.0. The summed E-state index contributed by atoms with van der Waals surface area (Å²) in [4.78, 5) is 14.4. The molecule has 134 valence electrons. The maximum Gasteiger partial charge on any atom is 0.220 e. The smallest absolute Gasteiger partial charge is 0.220 e. The van der Waals surface area contributed by atoms with Gasteiger partial charge in [-0.1, -0.05) is 6.07 Å². The van der Waals surface area contributed by atoms with Gasteiger partial charge in [0.05, 0.1) is 20.3 Å². The first kappa shape index (κ1) is 18.7. The topological polar surface area (TPSA) is 50.8 Å². The van der Waals surface area contributed by atoms with E-state index in [1.54, 1.807) is 12.1 Å². The maximum absolute atomic E-state index is 13.6. The van der Waals surface area contributed by atoms with Gasteiger partial charge < -0.3 is 14.8 Å². The predicted octanol–water partition coefficient (Wildman–Crippen LogP) is 1.99. The fourth-order valence-corrected chi connectivity index (χ4v) is 2.81. The minimum Gasteiger partial charge on any atom is -0.494 e. The molecule has 1 heterocycles. The number of ether oxygens (including phenoxy) is 2. The van der Waals surface area contributed by atoms with E-state index in [4.69, 9.17) is 9.47 Å². The summed E-state index contributed by atoms with van der Waals surface area (Å²) in [7, 11) is 1.43. The van der Waals surface area contributed by atoms with Crippen LogP contribution in [0.5, 0.6) is 5.75 Å². The van der Waals surface area contributed by atoms with Gasteiger partial charge in [-0.15, -0.1) is 0 Å². The highest BCUT2D eigenvalue weighted by molar-refractivity contribution is 5.76. The highest BCUT2D eigenvalue weighted by Gasteiger charge is 2.28. The van der Waals surface area contributed by atoms with E-state index in [1.807, 2.05) is 0 Å². The summed E-state index contributed by atoms with van der Waals surface area (Å²) < 4.78 is 23.9. The number of carbonyl (C=O) groups excluding carboxylic acids is 1. The third kappa shape index (κ3) is 5.18. The molecule has 1 aliphatic rings. The Hall–Kier alpha value is -1.66. The summed E-state index contributed by atoms with van der Waals surface area (Å²) in [6, 6.07) is 4.79. The van der Waals surface area contributed by atoms with Crippen LogP contribution in [0.25, 0.3) is 0 Å². The SMILES string of the molecule is COc1ccc(CCC(=O)NCC(C)(C)N2CCOCC2)cc1F. The number of carbonyl (C=O) groups is 1. The molecule has 0 bridgehead atoms. The summed E-state index contributed by atoms with van der Waals surface area (Å²) in [6.07, 6.45) is 0.843. The Balaban J connectivity index is 1.77. The molecular formula is C18H27FN2O3. The van der Waals surface area contributed by atoms with Crippen molar-refractivity contribution in [1.82, 2.24) is 10.2 Å². The molecule has 1 aromatic rings. The number of rotatable bonds is 7. The average Bonchev–Trinajstić information content (AvgIpc) is 2.59. The van der Waals surface area contributed by atoms with Crippen LogP contribution in [0.2, 0.25) is 0 Å². The molecule has 0 atom stereocenters. The second-order valence-corrected chi connectivity index (χ2v) is 6.66. The number of benzene rings is 1. The van der Waals surface area contributed by atoms with Gasteiger partial charge in [-0.05, 0) is 38.0 Å². The zero-order valence-corrected chi connectivity index (χ0v) is 14.7. The lowest BCUT2D eigenvalue weighted by Crippen LogP contribution is -2.55. The van der Waals surface area contributed by atoms with Crippen molar-refractivity contribution < 1.29 is 18.7 Å². The molecule has 1 aliphatic heterocycles. The molecule has 0 aliphatic carbocycles. The number of halogens is 1. The quantitative estimate of drug-likeness (QED) is 0.826. The van der Waals surface area contributed by atoms with E-state index in [1.165, 1.54) is 13.2 Å². The monoisotopic (exact) mass is 338 g/mol. The number of aryl methyl sites for hydroxylation is 1. The first-order valence-corrected chi connectivity index (χ1v) is 8.34. The van der Waals surface area contributed by atoms with Gasteiger partial charge in [0.1, 0.15) is 0 Å². The Bertz CT molecular complexity index is 557. The molecule has 0 saturated carbocycles. The fraction of sp³-hybridized carbons (Fsp3) is 0.611. The third-order valence-corrected chi connectivity index (χ3v) is 4.44. The van der Waals surface area contributed by atoms with Gasteiger partial charge in [0.25, 0.3) is 0 Å². The maximum atomic E-state index is 13.6. The van der Waals surface area contributed by atoms with Gasteiger partial charge in [-0.2, -0.15) is 0 Å². The van der Waals surface area contributed by atoms with Crippen LogP contribution < -0.4 is 10.1 Å². The Morgan fingerprint density at radius 2 is 2.08 bits per heavy atom. The zero-order valence-electron chi connectivity index (χ0n) is 14.7. The average molecular weight is 338 g/mol. The molecule has 1 aromatic carbocycles. The molecule has 0 radical (unpaired) electrons. The van der Waals surface area contributed by atoms with Gasteiger partial charge in [-0.25, -0.2) is 4.39 Å². The number of amides is 1. The number of hydrogen-bond acceptors (Lipinski definition) is 4. The summed E-state index contributed by atoms with van der Waals surface area (Å²) in [6.45, 7) is 8.07. The normalized spacial score (nSPS) is 16.0. The van der Waals surface area contributed by atoms with Crippen molar-refractivity contribution in [2.45, 2.75) is 32.2 Å². The van der Waals surface area contributed by atoms with Gasteiger partial charge in [0.15, 0.2) is 11.6 Å². The first-order chi connectivity index (χ1) is 11.4. The minimum atomic E-state index is -0.399. The largest absolute Gasteiger partial charge is 0.494 e. The van der Waals surface area contributed by atoms with E-state index in [9.17, 15) is 9.18 Å². The van der Waals surface area contributed by atoms with Crippen molar-refractivity contribution in [2.75, 3.05) is 40.0 Å². The Morgan fingerprint density at radius 1 is 1.38 bits per heavy atom. The Kier molecular flexibility index (Phi) is 6.57. The van der Waals surface area contributed by atoms with Crippen LogP contribution in [0.3, 0.4) is 0 Å². The van der Waals surface area contributed by atoms with Crippen LogP contribution in [-0.4, -0.2) is 56.3 Å². The highest BCUT2D eigenvalue weighted by atomic mass is 19.1. The highest BCUT2D eigenvalue weighted by Crippen LogP contribution is 2.19. The van der Waals surface area contributed by atoms with Crippen molar-refractivity contribution in [3.8, 4) is 5.75 Å². The lowest BCUT2D eigenvalue weighted by Gasteiger charge is -2.40. The number of methoxy groups -OCH3 is 1. The van der Waals surface area contributed by atoms with E-state index >= 15 is 0 Å². The molecular weight excluding hydrogens is 311 g/mol. The second kappa shape index (κ2) is 8.44. The van der Waals surface area contributed by atoms with E-state index in [-0.39, 0.29) is 17.2 Å².